The summed E-state index contributed by atoms with van der Waals surface area (Å²) in [6.45, 7) is 0. The van der Waals surface area contributed by atoms with Crippen molar-refractivity contribution in [3.05, 3.63) is 545 Å². The van der Waals surface area contributed by atoms with Gasteiger partial charge in [-0.25, -0.2) is 0 Å². The zero-order valence-electron chi connectivity index (χ0n) is 80.2. The molecular weight excluding hydrogens is 1780 g/mol. The largest absolute Gasteiger partial charge is 0.309 e. The van der Waals surface area contributed by atoms with Gasteiger partial charge in [-0.15, -0.1) is 0 Å². The zero-order chi connectivity index (χ0) is 96.4. The van der Waals surface area contributed by atoms with E-state index in [0.717, 1.165) is 35.6 Å². The molecule has 0 aliphatic heterocycles. The Hall–Kier alpha value is -19.5. The van der Waals surface area contributed by atoms with Crippen LogP contribution in [0.2, 0.25) is 0 Å². The number of para-hydroxylation sites is 16. The second-order valence-corrected chi connectivity index (χ2v) is 38.8. The molecule has 0 bridgehead atoms. The number of aryl methyl sites for hydroxylation is 1. The number of hydrogen-bond acceptors (Lipinski definition) is 0. The maximum absolute atomic E-state index is 2.47. The molecule has 31 aromatic rings. The highest BCUT2D eigenvalue weighted by molar-refractivity contribution is 6.24. The molecule has 0 unspecified atom stereocenters. The van der Waals surface area contributed by atoms with E-state index in [0.29, 0.717) is 0 Å². The molecule has 9 aromatic heterocycles. The van der Waals surface area contributed by atoms with E-state index in [-0.39, 0.29) is 0 Å². The van der Waals surface area contributed by atoms with Crippen molar-refractivity contribution in [3.63, 3.8) is 0 Å². The molecule has 147 heavy (non-hydrogen) atoms. The third kappa shape index (κ3) is 13.0. The third-order valence-electron chi connectivity index (χ3n) is 30.9. The lowest BCUT2D eigenvalue weighted by Gasteiger charge is -2.20. The molecular formula is C138H91N9. The summed E-state index contributed by atoms with van der Waals surface area (Å²) in [7, 11) is 0. The smallest absolute Gasteiger partial charge is 0.0619 e. The SMILES string of the molecule is C1=C(c2cccc(-n3c4ccccc4c4cc5c(cc43)c3ccccc3n5-c3ccccc3)c2)c2c(c3ccccc3n2-c2ccccc2)CC1.c1ccc(-n2c3ccccc3c3cc4c(cc32)c2ccccc2n4-c2ccc(-c3cccc4c5ccccc5n(-c5ccccc5)c34)cc2)cc1.c1ccc(-n2c3ccccc3c3cc4c(cc32)c2ccccc2n4-c2cccc(-n3c4ccccc4c4ccccc43)c2)cc1. The number of aromatic nitrogens is 9. The minimum absolute atomic E-state index is 1.02. The standard InChI is InChI=1S/C48H33N3.C48H31N3.C42H27N3/c1-3-16-33(17-4-1)49-43-26-10-8-22-38(43)41-31-47-42(30-46(41)49)39-23-9-11-27-44(39)50(47)35-20-13-15-32(29-35)36-24-14-25-40-37-21-7-12-28-45(37)51(48(36)40)34-18-5-2-6-19-34;1-3-14-33(15-4-1)49-43-23-10-8-19-38(43)41-31-47-42(30-46(41)49)39-20-9-11-24-44(39)50(47)35-28-26-32(27-29-35)36-21-13-22-40-37-18-7-12-25-45(37)51(48(36)40)34-16-5-2-6-17-34;1-2-13-28(14-3-1)43-39-23-10-6-19-33(39)35-27-42-36(26-41(35)43)34-20-7-11-24-40(34)45(42)30-16-12-15-29(25-30)44-37-21-8-4-17-31(37)32-18-5-9-22-38(32)44/h1-13,15-24,26-31H,14,25H2;1-31H;1-27H. The van der Waals surface area contributed by atoms with Gasteiger partial charge in [-0.3, -0.25) is 0 Å². The second kappa shape index (κ2) is 33.6. The molecule has 0 spiro atoms. The first-order valence-corrected chi connectivity index (χ1v) is 50.8. The van der Waals surface area contributed by atoms with Crippen LogP contribution in [-0.4, -0.2) is 41.1 Å². The van der Waals surface area contributed by atoms with Crippen LogP contribution >= 0.6 is 0 Å². The predicted octanol–water partition coefficient (Wildman–Crippen LogP) is 35.8. The Morgan fingerprint density at radius 1 is 0.136 bits per heavy atom. The molecule has 1 aliphatic rings. The number of rotatable bonds is 11. The van der Waals surface area contributed by atoms with E-state index in [1.54, 1.807) is 0 Å². The quantitative estimate of drug-likeness (QED) is 0.124. The Balaban J connectivity index is 0.000000102. The minimum Gasteiger partial charge on any atom is -0.309 e. The first kappa shape index (κ1) is 83.3. The molecule has 0 saturated carbocycles. The average molecular weight is 1880 g/mol. The fraction of sp³-hybridized carbons (Fsp3) is 0.0145. The first-order valence-electron chi connectivity index (χ1n) is 50.8. The van der Waals surface area contributed by atoms with Gasteiger partial charge in [0.25, 0.3) is 0 Å². The second-order valence-electron chi connectivity index (χ2n) is 38.8. The number of allylic oxidation sites excluding steroid dienone is 1. The van der Waals surface area contributed by atoms with Crippen LogP contribution in [-0.2, 0) is 6.42 Å². The van der Waals surface area contributed by atoms with E-state index in [1.807, 2.05) is 0 Å². The van der Waals surface area contributed by atoms with Gasteiger partial charge in [0.15, 0.2) is 0 Å². The summed E-state index contributed by atoms with van der Waals surface area (Å²) in [4.78, 5) is 0. The van der Waals surface area contributed by atoms with E-state index < -0.39 is 0 Å². The van der Waals surface area contributed by atoms with E-state index in [4.69, 9.17) is 0 Å². The summed E-state index contributed by atoms with van der Waals surface area (Å²) < 4.78 is 21.8. The van der Waals surface area contributed by atoms with Gasteiger partial charge in [0.2, 0.25) is 0 Å². The lowest BCUT2D eigenvalue weighted by molar-refractivity contribution is 0.956. The van der Waals surface area contributed by atoms with Crippen LogP contribution in [0.5, 0.6) is 0 Å². The molecule has 9 nitrogen and oxygen atoms in total. The van der Waals surface area contributed by atoms with Crippen molar-refractivity contribution in [1.82, 2.24) is 41.1 Å². The minimum atomic E-state index is 1.02. The fourth-order valence-electron chi connectivity index (χ4n) is 24.8. The van der Waals surface area contributed by atoms with Crippen molar-refractivity contribution in [2.45, 2.75) is 12.8 Å². The highest BCUT2D eigenvalue weighted by Gasteiger charge is 2.29. The highest BCUT2D eigenvalue weighted by Crippen LogP contribution is 2.49. The number of fused-ring (bicyclic) bond motifs is 27. The summed E-state index contributed by atoms with van der Waals surface area (Å²) in [6, 6.07) is 190. The molecule has 22 aromatic carbocycles. The van der Waals surface area contributed by atoms with Crippen LogP contribution in [0.15, 0.2) is 528 Å². The van der Waals surface area contributed by atoms with Crippen molar-refractivity contribution >= 4 is 191 Å². The summed E-state index contributed by atoms with van der Waals surface area (Å²) in [6.07, 6.45) is 4.51. The molecule has 0 atom stereocenters. The van der Waals surface area contributed by atoms with Gasteiger partial charge in [0.05, 0.1) is 99.5 Å². The maximum Gasteiger partial charge on any atom is 0.0619 e. The van der Waals surface area contributed by atoms with E-state index in [2.05, 4.69) is 569 Å². The first-order chi connectivity index (χ1) is 73.0. The van der Waals surface area contributed by atoms with Crippen molar-refractivity contribution in [2.75, 3.05) is 0 Å². The van der Waals surface area contributed by atoms with Crippen molar-refractivity contribution in [3.8, 4) is 62.3 Å². The van der Waals surface area contributed by atoms with Gasteiger partial charge in [0.1, 0.15) is 0 Å². The number of nitrogens with zero attached hydrogens (tertiary/aromatic N) is 9. The van der Waals surface area contributed by atoms with Crippen LogP contribution in [0.1, 0.15) is 23.2 Å². The normalized spacial score (nSPS) is 12.3. The average Bonchev–Trinajstić information content (AvgIpc) is 1.56. The van der Waals surface area contributed by atoms with Crippen LogP contribution in [0.25, 0.3) is 253 Å². The Bertz CT molecular complexity index is 10800. The molecule has 0 fully saturated rings. The molecule has 0 amide bonds. The Kier molecular flexibility index (Phi) is 19.1. The van der Waals surface area contributed by atoms with E-state index in [9.17, 15) is 0 Å². The van der Waals surface area contributed by atoms with E-state index in [1.165, 1.54) is 247 Å². The predicted molar refractivity (Wildman–Crippen MR) is 618 cm³/mol. The van der Waals surface area contributed by atoms with Gasteiger partial charge >= 0.3 is 0 Å². The molecule has 32 rings (SSSR count). The van der Waals surface area contributed by atoms with Gasteiger partial charge in [-0.1, -0.05) is 328 Å². The molecule has 0 saturated heterocycles. The summed E-state index contributed by atoms with van der Waals surface area (Å²) in [5, 5.41) is 21.5. The molecule has 0 N–H and O–H groups in total. The van der Waals surface area contributed by atoms with Gasteiger partial charge in [0, 0.05) is 154 Å². The van der Waals surface area contributed by atoms with Gasteiger partial charge < -0.3 is 41.1 Å². The van der Waals surface area contributed by atoms with Crippen LogP contribution in [0.4, 0.5) is 0 Å². The zero-order valence-corrected chi connectivity index (χ0v) is 80.2. The van der Waals surface area contributed by atoms with Gasteiger partial charge in [-0.05, 0) is 230 Å². The molecule has 1 aliphatic carbocycles. The summed E-state index contributed by atoms with van der Waals surface area (Å²) in [5.41, 5.74) is 38.9. The van der Waals surface area contributed by atoms with E-state index >= 15 is 0 Å². The Morgan fingerprint density at radius 2 is 0.367 bits per heavy atom. The molecule has 9 heterocycles. The molecule has 9 heteroatoms. The fourth-order valence-corrected chi connectivity index (χ4v) is 24.8. The maximum atomic E-state index is 2.47. The number of hydrogen-bond donors (Lipinski definition) is 0. The third-order valence-corrected chi connectivity index (χ3v) is 30.9. The van der Waals surface area contributed by atoms with Crippen LogP contribution in [0.3, 0.4) is 0 Å². The highest BCUT2D eigenvalue weighted by atomic mass is 15.1. The van der Waals surface area contributed by atoms with Crippen LogP contribution in [0, 0.1) is 0 Å². The number of benzene rings is 22. The van der Waals surface area contributed by atoms with Crippen molar-refractivity contribution in [1.29, 1.82) is 0 Å². The van der Waals surface area contributed by atoms with Crippen LogP contribution < -0.4 is 0 Å². The Labute approximate surface area is 845 Å². The van der Waals surface area contributed by atoms with Gasteiger partial charge in [-0.2, -0.15) is 0 Å². The Morgan fingerprint density at radius 3 is 0.714 bits per heavy atom. The topological polar surface area (TPSA) is 44.4 Å². The monoisotopic (exact) mass is 1870 g/mol. The molecule has 0 radical (unpaired) electrons. The molecule has 688 valence electrons. The summed E-state index contributed by atoms with van der Waals surface area (Å²) in [5.74, 6) is 0. The van der Waals surface area contributed by atoms with Crippen molar-refractivity contribution in [2.24, 2.45) is 0 Å². The lowest BCUT2D eigenvalue weighted by atomic mass is 9.90. The van der Waals surface area contributed by atoms with Crippen molar-refractivity contribution < 1.29 is 0 Å². The lowest BCUT2D eigenvalue weighted by Crippen LogP contribution is -2.06. The summed E-state index contributed by atoms with van der Waals surface area (Å²) >= 11 is 0.